The third-order valence-electron chi connectivity index (χ3n) is 2.41. The molecule has 1 heterocycles. The third kappa shape index (κ3) is 3.64. The smallest absolute Gasteiger partial charge is 0.0638 e. The maximum atomic E-state index is 5.75. The molecule has 0 fully saturated rings. The van der Waals surface area contributed by atoms with Gasteiger partial charge in [0.15, 0.2) is 0 Å². The molecule has 1 aromatic rings. The summed E-state index contributed by atoms with van der Waals surface area (Å²) >= 11 is 0. The Morgan fingerprint density at radius 1 is 1.60 bits per heavy atom. The largest absolute Gasteiger partial charge is 0.327 e. The van der Waals surface area contributed by atoms with Crippen LogP contribution >= 0.6 is 0 Å². The Labute approximate surface area is 92.1 Å². The van der Waals surface area contributed by atoms with Crippen LogP contribution in [-0.4, -0.2) is 34.3 Å². The normalized spacial score (nSPS) is 13.5. The van der Waals surface area contributed by atoms with Gasteiger partial charge in [-0.15, -0.1) is 0 Å². The summed E-state index contributed by atoms with van der Waals surface area (Å²) in [4.78, 5) is 2.23. The van der Waals surface area contributed by atoms with E-state index < -0.39 is 0 Å². The van der Waals surface area contributed by atoms with Crippen molar-refractivity contribution >= 4 is 0 Å². The van der Waals surface area contributed by atoms with Gasteiger partial charge in [-0.2, -0.15) is 5.10 Å². The average Bonchev–Trinajstić information content (AvgIpc) is 2.46. The fraction of sp³-hybridized carbons (Fsp3) is 0.727. The summed E-state index contributed by atoms with van der Waals surface area (Å²) in [5, 5.41) is 4.42. The molecule has 2 N–H and O–H groups in total. The minimum Gasteiger partial charge on any atom is -0.327 e. The lowest BCUT2D eigenvalue weighted by Gasteiger charge is -2.18. The van der Waals surface area contributed by atoms with E-state index in [1.807, 2.05) is 11.6 Å². The summed E-state index contributed by atoms with van der Waals surface area (Å²) in [6.45, 7) is 8.95. The molecule has 0 aliphatic rings. The summed E-state index contributed by atoms with van der Waals surface area (Å²) in [6.07, 6.45) is 2.12. The van der Waals surface area contributed by atoms with Crippen molar-refractivity contribution in [2.45, 2.75) is 39.9 Å². The maximum absolute atomic E-state index is 5.75. The first-order chi connectivity index (χ1) is 7.02. The van der Waals surface area contributed by atoms with Crippen LogP contribution in [0.3, 0.4) is 0 Å². The minimum atomic E-state index is 0.219. The van der Waals surface area contributed by atoms with Gasteiger partial charge in [-0.05, 0) is 27.8 Å². The van der Waals surface area contributed by atoms with Crippen LogP contribution in [0.4, 0.5) is 0 Å². The van der Waals surface area contributed by atoms with Crippen LogP contribution < -0.4 is 5.73 Å². The van der Waals surface area contributed by atoms with Crippen molar-refractivity contribution in [1.29, 1.82) is 0 Å². The zero-order chi connectivity index (χ0) is 11.4. The molecule has 4 heteroatoms. The number of likely N-dealkylation sites (N-methyl/N-ethyl adjacent to an activating group) is 1. The average molecular weight is 210 g/mol. The Kier molecular flexibility index (Phi) is 4.29. The van der Waals surface area contributed by atoms with Crippen molar-refractivity contribution < 1.29 is 0 Å². The molecule has 0 bridgehead atoms. The van der Waals surface area contributed by atoms with E-state index in [4.69, 9.17) is 5.73 Å². The molecule has 0 aromatic carbocycles. The van der Waals surface area contributed by atoms with Crippen LogP contribution in [0, 0.1) is 6.92 Å². The fourth-order valence-corrected chi connectivity index (χ4v) is 1.72. The molecule has 0 saturated carbocycles. The second-order valence-electron chi connectivity index (χ2n) is 4.27. The standard InChI is InChI=1S/C11H22N4/c1-5-15-8-11(10(3)13-15)7-14(4)6-9(2)12/h8-9H,5-7,12H2,1-4H3/t9-/m0/s1. The number of aryl methyl sites for hydroxylation is 2. The van der Waals surface area contributed by atoms with Crippen molar-refractivity contribution in [3.8, 4) is 0 Å². The quantitative estimate of drug-likeness (QED) is 0.788. The van der Waals surface area contributed by atoms with Crippen LogP contribution in [0.5, 0.6) is 0 Å². The zero-order valence-electron chi connectivity index (χ0n) is 10.2. The first-order valence-electron chi connectivity index (χ1n) is 5.50. The monoisotopic (exact) mass is 210 g/mol. The molecule has 0 saturated heterocycles. The van der Waals surface area contributed by atoms with Gasteiger partial charge in [0.25, 0.3) is 0 Å². The van der Waals surface area contributed by atoms with Crippen molar-refractivity contribution in [3.63, 3.8) is 0 Å². The molecule has 0 spiro atoms. The Balaban J connectivity index is 2.59. The van der Waals surface area contributed by atoms with Gasteiger partial charge in [-0.3, -0.25) is 4.68 Å². The number of hydrogen-bond donors (Lipinski definition) is 1. The molecule has 86 valence electrons. The predicted molar refractivity (Wildman–Crippen MR) is 62.6 cm³/mol. The van der Waals surface area contributed by atoms with E-state index in [2.05, 4.69) is 37.1 Å². The van der Waals surface area contributed by atoms with E-state index in [9.17, 15) is 0 Å². The summed E-state index contributed by atoms with van der Waals surface area (Å²) in [7, 11) is 2.09. The molecule has 0 unspecified atom stereocenters. The highest BCUT2D eigenvalue weighted by atomic mass is 15.3. The van der Waals surface area contributed by atoms with E-state index in [0.717, 1.165) is 25.3 Å². The lowest BCUT2D eigenvalue weighted by atomic mass is 10.2. The van der Waals surface area contributed by atoms with Crippen LogP contribution in [-0.2, 0) is 13.1 Å². The molecule has 4 nitrogen and oxygen atoms in total. The molecule has 0 aliphatic carbocycles. The lowest BCUT2D eigenvalue weighted by Crippen LogP contribution is -2.32. The second-order valence-corrected chi connectivity index (χ2v) is 4.27. The van der Waals surface area contributed by atoms with Gasteiger partial charge in [0, 0.05) is 37.4 Å². The van der Waals surface area contributed by atoms with Crippen LogP contribution in [0.2, 0.25) is 0 Å². The Morgan fingerprint density at radius 2 is 2.27 bits per heavy atom. The molecule has 0 amide bonds. The predicted octanol–water partition coefficient (Wildman–Crippen LogP) is 0.990. The molecular formula is C11H22N4. The maximum Gasteiger partial charge on any atom is 0.0638 e. The molecule has 15 heavy (non-hydrogen) atoms. The van der Waals surface area contributed by atoms with Gasteiger partial charge in [-0.1, -0.05) is 0 Å². The van der Waals surface area contributed by atoms with Gasteiger partial charge < -0.3 is 10.6 Å². The van der Waals surface area contributed by atoms with Crippen molar-refractivity contribution in [1.82, 2.24) is 14.7 Å². The van der Waals surface area contributed by atoms with Crippen LogP contribution in [0.25, 0.3) is 0 Å². The highest BCUT2D eigenvalue weighted by Gasteiger charge is 2.08. The number of nitrogens with two attached hydrogens (primary N) is 1. The van der Waals surface area contributed by atoms with Gasteiger partial charge in [0.05, 0.1) is 5.69 Å². The number of rotatable bonds is 5. The first kappa shape index (κ1) is 12.2. The minimum absolute atomic E-state index is 0.219. The first-order valence-corrected chi connectivity index (χ1v) is 5.50. The van der Waals surface area contributed by atoms with Crippen molar-refractivity contribution in [2.24, 2.45) is 5.73 Å². The number of hydrogen-bond acceptors (Lipinski definition) is 3. The highest BCUT2D eigenvalue weighted by Crippen LogP contribution is 2.08. The van der Waals surface area contributed by atoms with Crippen molar-refractivity contribution in [3.05, 3.63) is 17.5 Å². The fourth-order valence-electron chi connectivity index (χ4n) is 1.72. The third-order valence-corrected chi connectivity index (χ3v) is 2.41. The van der Waals surface area contributed by atoms with E-state index in [1.54, 1.807) is 0 Å². The second kappa shape index (κ2) is 5.28. The molecule has 1 atom stereocenters. The SMILES string of the molecule is CCn1cc(CN(C)C[C@H](C)N)c(C)n1. The highest BCUT2D eigenvalue weighted by molar-refractivity contribution is 5.15. The number of nitrogens with zero attached hydrogens (tertiary/aromatic N) is 3. The summed E-state index contributed by atoms with van der Waals surface area (Å²) < 4.78 is 1.98. The van der Waals surface area contributed by atoms with E-state index in [0.29, 0.717) is 0 Å². The Bertz CT molecular complexity index is 304. The summed E-state index contributed by atoms with van der Waals surface area (Å²) in [6, 6.07) is 0.219. The molecular weight excluding hydrogens is 188 g/mol. The van der Waals surface area contributed by atoms with Gasteiger partial charge in [0.1, 0.15) is 0 Å². The van der Waals surface area contributed by atoms with Gasteiger partial charge in [0.2, 0.25) is 0 Å². The van der Waals surface area contributed by atoms with E-state index in [-0.39, 0.29) is 6.04 Å². The number of aromatic nitrogens is 2. The molecule has 0 radical (unpaired) electrons. The lowest BCUT2D eigenvalue weighted by molar-refractivity contribution is 0.309. The topological polar surface area (TPSA) is 47.1 Å². The van der Waals surface area contributed by atoms with Gasteiger partial charge in [-0.25, -0.2) is 0 Å². The van der Waals surface area contributed by atoms with Crippen LogP contribution in [0.15, 0.2) is 6.20 Å². The van der Waals surface area contributed by atoms with Crippen LogP contribution in [0.1, 0.15) is 25.1 Å². The summed E-state index contributed by atoms with van der Waals surface area (Å²) in [5.41, 5.74) is 8.16. The van der Waals surface area contributed by atoms with Crippen molar-refractivity contribution in [2.75, 3.05) is 13.6 Å². The molecule has 0 aliphatic heterocycles. The Hall–Kier alpha value is -0.870. The van der Waals surface area contributed by atoms with E-state index >= 15 is 0 Å². The zero-order valence-corrected chi connectivity index (χ0v) is 10.2. The van der Waals surface area contributed by atoms with Gasteiger partial charge >= 0.3 is 0 Å². The Morgan fingerprint density at radius 3 is 2.73 bits per heavy atom. The molecule has 1 rings (SSSR count). The van der Waals surface area contributed by atoms with E-state index in [1.165, 1.54) is 5.56 Å². The summed E-state index contributed by atoms with van der Waals surface area (Å²) in [5.74, 6) is 0. The molecule has 1 aromatic heterocycles.